The molecular weight excluding hydrogens is 1420 g/mol. The van der Waals surface area contributed by atoms with Crippen molar-refractivity contribution < 1.29 is 111 Å². The number of allylic oxidation sites excluding steroid dienone is 2. The molecule has 4 aliphatic heterocycles. The van der Waals surface area contributed by atoms with Crippen LogP contribution >= 0.6 is 0 Å². The predicted octanol–water partition coefficient (Wildman–Crippen LogP) is 5.89. The van der Waals surface area contributed by atoms with Crippen LogP contribution in [0.2, 0.25) is 0 Å². The van der Waals surface area contributed by atoms with Crippen molar-refractivity contribution in [1.82, 2.24) is 29.6 Å². The smallest absolute Gasteiger partial charge is 0.306 e. The fourth-order valence-corrected chi connectivity index (χ4v) is 11.8. The van der Waals surface area contributed by atoms with Gasteiger partial charge in [0, 0.05) is 115 Å². The molecule has 0 N–H and O–H groups in total. The van der Waals surface area contributed by atoms with Gasteiger partial charge in [-0.15, -0.1) is 0 Å². The lowest BCUT2D eigenvalue weighted by Crippen LogP contribution is -2.35. The van der Waals surface area contributed by atoms with Crippen LogP contribution in [0.3, 0.4) is 0 Å². The summed E-state index contributed by atoms with van der Waals surface area (Å²) in [6.45, 7) is 12.2. The third-order valence-electron chi connectivity index (χ3n) is 16.8. The molecule has 2 fully saturated rings. The second kappa shape index (κ2) is 44.1. The molecule has 0 aliphatic carbocycles. The molecule has 2 amide bonds. The van der Waals surface area contributed by atoms with Crippen LogP contribution < -0.4 is 28.4 Å². The highest BCUT2D eigenvalue weighted by Crippen LogP contribution is 2.41. The van der Waals surface area contributed by atoms with Gasteiger partial charge in [-0.25, -0.2) is 0 Å². The number of pyridine rings is 2. The molecule has 0 spiro atoms. The maximum absolute atomic E-state index is 13.7. The number of ether oxygens (including phenoxy) is 14. The van der Waals surface area contributed by atoms with E-state index in [1.165, 1.54) is 51.7 Å². The van der Waals surface area contributed by atoms with Gasteiger partial charge in [-0.1, -0.05) is 23.3 Å². The highest BCUT2D eigenvalue weighted by molar-refractivity contribution is 7.86. The molecule has 34 heteroatoms. The summed E-state index contributed by atoms with van der Waals surface area (Å²) in [6, 6.07) is 13.1. The molecule has 106 heavy (non-hydrogen) atoms. The fourth-order valence-electron chi connectivity index (χ4n) is 11.1. The summed E-state index contributed by atoms with van der Waals surface area (Å²) < 4.78 is 133. The number of amides is 2. The predicted molar refractivity (Wildman–Crippen MR) is 389 cm³/mol. The molecule has 0 unspecified atom stereocenters. The number of carbonyl (C=O) groups excluding carboxylic acids is 4. The lowest BCUT2D eigenvalue weighted by atomic mass is 10.1. The largest absolute Gasteiger partial charge is 0.493 e. The highest BCUT2D eigenvalue weighted by Gasteiger charge is 2.36. The van der Waals surface area contributed by atoms with E-state index < -0.39 is 20.2 Å². The van der Waals surface area contributed by atoms with Crippen LogP contribution in [0, 0.1) is 0 Å². The zero-order chi connectivity index (χ0) is 76.4. The van der Waals surface area contributed by atoms with Crippen LogP contribution in [-0.2, 0) is 103 Å². The lowest BCUT2D eigenvalue weighted by molar-refractivity contribution is -0.141. The van der Waals surface area contributed by atoms with Gasteiger partial charge in [0.15, 0.2) is 23.0 Å². The van der Waals surface area contributed by atoms with Crippen molar-refractivity contribution in [3.05, 3.63) is 106 Å². The molecule has 2 aromatic carbocycles. The third-order valence-corrected chi connectivity index (χ3v) is 17.9. The normalized spacial score (nSPS) is 16.1. The number of carbonyl (C=O) groups is 4. The molecule has 32 nitrogen and oxygen atoms in total. The summed E-state index contributed by atoms with van der Waals surface area (Å²) in [6.07, 6.45) is 11.4. The van der Waals surface area contributed by atoms with Gasteiger partial charge < -0.3 is 76.1 Å². The summed E-state index contributed by atoms with van der Waals surface area (Å²) in [5, 5.41) is 0. The Kier molecular flexibility index (Phi) is 35.4. The number of fused-ring (bicyclic) bond motifs is 4. The Bertz CT molecular complexity index is 3710. The Labute approximate surface area is 620 Å². The Morgan fingerprint density at radius 3 is 1.17 bits per heavy atom. The van der Waals surface area contributed by atoms with Gasteiger partial charge in [0.05, 0.1) is 177 Å². The summed E-state index contributed by atoms with van der Waals surface area (Å²) in [5.41, 5.74) is 5.69. The maximum atomic E-state index is 13.7. The third kappa shape index (κ3) is 28.5. The first-order valence-corrected chi connectivity index (χ1v) is 38.2. The minimum absolute atomic E-state index is 0.000217. The highest BCUT2D eigenvalue weighted by atomic mass is 32.2. The Balaban J connectivity index is 0.000000351. The number of nitrogens with zero attached hydrogens (tertiary/aromatic N) is 8. The SMILES string of the molecule is C/C=C1\C[C@H]2C=Nc3cc(OCc4cc(OCCN(CCOCCOCCOC)CCC(=O)OC)cc(COc5cc6c(cc5OC)C(=O)N5C/C(=C/C)C[C@H]5C=N6)n4)c(OC)cc3C(=O)N2C1.COCCOCCOCCN(CCOc1cc(COS(C)(=O)=O)nc(COS(C)(=O)=O)c1)CCC(=O)OC. The van der Waals surface area contributed by atoms with E-state index in [0.29, 0.717) is 187 Å². The van der Waals surface area contributed by atoms with E-state index >= 15 is 0 Å². The van der Waals surface area contributed by atoms with Gasteiger partial charge in [0.25, 0.3) is 32.1 Å². The number of aromatic nitrogens is 2. The summed E-state index contributed by atoms with van der Waals surface area (Å²) in [5.74, 6) is 1.45. The Morgan fingerprint density at radius 2 is 0.821 bits per heavy atom. The average molecular weight is 1530 g/mol. The first kappa shape index (κ1) is 85.0. The van der Waals surface area contributed by atoms with Crippen LogP contribution in [0.4, 0.5) is 11.4 Å². The second-order valence-electron chi connectivity index (χ2n) is 24.4. The zero-order valence-electron chi connectivity index (χ0n) is 62.1. The monoisotopic (exact) mass is 1520 g/mol. The van der Waals surface area contributed by atoms with Crippen molar-refractivity contribution in [2.45, 2.75) is 78.0 Å². The number of benzene rings is 2. The van der Waals surface area contributed by atoms with Gasteiger partial charge in [-0.05, 0) is 38.8 Å². The maximum Gasteiger partial charge on any atom is 0.306 e. The van der Waals surface area contributed by atoms with E-state index in [1.807, 2.05) is 41.0 Å². The molecular formula is C72H100N8O24S2. The topological polar surface area (TPSA) is 348 Å². The van der Waals surface area contributed by atoms with Gasteiger partial charge in [0.1, 0.15) is 51.1 Å². The fraction of sp³-hybridized carbons (Fsp3) is 0.556. The van der Waals surface area contributed by atoms with Gasteiger partial charge >= 0.3 is 11.9 Å². The standard InChI is InChI=1S/C50H62N6O12.C22H38N2O12S2/c1-7-33-19-37-27-51-42-25-46(44(61-4)23-40(42)49(58)55(37)29-33)67-31-35-21-39(66-14-12-54(10-9-48(57)63-6)11-13-64-17-18-65-16-15-60-3)22-36(53-35)32-68-47-26-43-41(24-45(47)62-5)50(59)56-30-34(8-2)20-38(56)28-52-43;1-30-11-12-33-14-13-32-9-7-24(6-5-22(25)31-2)8-10-34-21-15-19(17-35-37(3,26)27)23-20(16-21)18-36-38(4,28)29/h7-8,21-28,37-38H,9-20,29-32H2,1-6H3;15-16H,5-14,17-18H2,1-4H3/b33-7+,34-8+;/t37-,38-;/m0./s1. The van der Waals surface area contributed by atoms with E-state index in [0.717, 1.165) is 25.4 Å². The molecule has 0 saturated carbocycles. The van der Waals surface area contributed by atoms with Gasteiger partial charge in [0.2, 0.25) is 0 Å². The summed E-state index contributed by atoms with van der Waals surface area (Å²) in [7, 11) is 1.52. The van der Waals surface area contributed by atoms with Crippen LogP contribution in [0.25, 0.3) is 0 Å². The number of esters is 2. The molecule has 2 saturated heterocycles. The van der Waals surface area contributed by atoms with E-state index in [-0.39, 0.29) is 99.7 Å². The van der Waals surface area contributed by atoms with E-state index in [2.05, 4.69) is 22.0 Å². The van der Waals surface area contributed by atoms with Gasteiger partial charge in [-0.2, -0.15) is 16.8 Å². The minimum Gasteiger partial charge on any atom is -0.493 e. The summed E-state index contributed by atoms with van der Waals surface area (Å²) >= 11 is 0. The first-order valence-electron chi connectivity index (χ1n) is 34.6. The molecule has 0 radical (unpaired) electrons. The van der Waals surface area contributed by atoms with Crippen molar-refractivity contribution in [2.24, 2.45) is 9.98 Å². The van der Waals surface area contributed by atoms with Crippen molar-refractivity contribution in [3.8, 4) is 34.5 Å². The van der Waals surface area contributed by atoms with Crippen LogP contribution in [0.5, 0.6) is 34.5 Å². The quantitative estimate of drug-likeness (QED) is 0.0215. The number of hydrogen-bond donors (Lipinski definition) is 0. The first-order chi connectivity index (χ1) is 51.1. The van der Waals surface area contributed by atoms with Crippen molar-refractivity contribution in [2.75, 3.05) is 187 Å². The number of methoxy groups -OCH3 is 6. The Morgan fingerprint density at radius 1 is 0.462 bits per heavy atom. The summed E-state index contributed by atoms with van der Waals surface area (Å²) in [4.78, 5) is 77.3. The average Bonchev–Trinajstić information content (AvgIpc) is 1.61. The van der Waals surface area contributed by atoms with Crippen molar-refractivity contribution in [3.63, 3.8) is 0 Å². The molecule has 8 rings (SSSR count). The minimum atomic E-state index is -3.72. The number of hydrogen-bond acceptors (Lipinski definition) is 30. The van der Waals surface area contributed by atoms with E-state index in [1.54, 1.807) is 50.6 Å². The van der Waals surface area contributed by atoms with Crippen LogP contribution in [0.1, 0.15) is 83.0 Å². The second-order valence-corrected chi connectivity index (χ2v) is 27.7. The molecule has 6 heterocycles. The number of rotatable bonds is 46. The lowest BCUT2D eigenvalue weighted by Gasteiger charge is -2.22. The number of aliphatic imine (C=N–C) groups is 2. The van der Waals surface area contributed by atoms with Crippen molar-refractivity contribution in [1.29, 1.82) is 0 Å². The molecule has 2 aromatic heterocycles. The molecule has 2 atom stereocenters. The van der Waals surface area contributed by atoms with Gasteiger partial charge in [-0.3, -0.25) is 57.3 Å². The van der Waals surface area contributed by atoms with Crippen LogP contribution in [-0.4, -0.2) is 281 Å². The molecule has 0 bridgehead atoms. The molecule has 4 aromatic rings. The van der Waals surface area contributed by atoms with E-state index in [9.17, 15) is 36.0 Å². The van der Waals surface area contributed by atoms with Crippen molar-refractivity contribution >= 4 is 67.8 Å². The molecule has 4 aliphatic rings. The van der Waals surface area contributed by atoms with Crippen LogP contribution in [0.15, 0.2) is 81.8 Å². The Hall–Kier alpha value is -8.26. The van der Waals surface area contributed by atoms with E-state index in [4.69, 9.17) is 89.7 Å². The molecule has 584 valence electrons. The zero-order valence-corrected chi connectivity index (χ0v) is 63.7.